The van der Waals surface area contributed by atoms with Crippen LogP contribution >= 0.6 is 0 Å². The van der Waals surface area contributed by atoms with Crippen molar-refractivity contribution in [2.24, 2.45) is 0 Å². The van der Waals surface area contributed by atoms with Crippen molar-refractivity contribution in [2.45, 2.75) is 31.5 Å². The number of ether oxygens (including phenoxy) is 3. The lowest BCUT2D eigenvalue weighted by Gasteiger charge is -2.37. The standard InChI is InChI=1S/C23H25NO4/c1-26-13-6-7-14-15(9-13)16-10-20(27-2)21(28-3)11-17(16)22-18(14)12-24-8-4-5-19(24)23(22)25/h6-7,9-11,19,23,25H,4-5,8,12H2,1-3H3. The maximum atomic E-state index is 11.3. The zero-order chi connectivity index (χ0) is 19.4. The Morgan fingerprint density at radius 2 is 1.61 bits per heavy atom. The number of hydrogen-bond acceptors (Lipinski definition) is 5. The molecule has 3 aromatic carbocycles. The molecular formula is C23H25NO4. The van der Waals surface area contributed by atoms with Gasteiger partial charge in [0.1, 0.15) is 5.75 Å². The summed E-state index contributed by atoms with van der Waals surface area (Å²) in [5.41, 5.74) is 2.25. The van der Waals surface area contributed by atoms with Gasteiger partial charge in [0.05, 0.1) is 27.4 Å². The molecule has 0 radical (unpaired) electrons. The first-order valence-corrected chi connectivity index (χ1v) is 9.76. The van der Waals surface area contributed by atoms with Crippen LogP contribution in [0.3, 0.4) is 0 Å². The third kappa shape index (κ3) is 2.39. The summed E-state index contributed by atoms with van der Waals surface area (Å²) in [5, 5.41) is 15.7. The van der Waals surface area contributed by atoms with Gasteiger partial charge in [-0.05, 0) is 76.3 Å². The fourth-order valence-corrected chi connectivity index (χ4v) is 5.08. The van der Waals surface area contributed by atoms with E-state index in [1.54, 1.807) is 21.3 Å². The molecule has 0 aromatic heterocycles. The molecule has 146 valence electrons. The van der Waals surface area contributed by atoms with Crippen LogP contribution in [0.1, 0.15) is 30.1 Å². The van der Waals surface area contributed by atoms with E-state index in [1.165, 1.54) is 10.9 Å². The second-order valence-corrected chi connectivity index (χ2v) is 7.68. The Kier molecular flexibility index (Phi) is 4.11. The van der Waals surface area contributed by atoms with Crippen LogP contribution in [0.4, 0.5) is 0 Å². The van der Waals surface area contributed by atoms with Gasteiger partial charge in [0.2, 0.25) is 0 Å². The third-order valence-corrected chi connectivity index (χ3v) is 6.42. The Bertz CT molecular complexity index is 1080. The zero-order valence-corrected chi connectivity index (χ0v) is 16.5. The smallest absolute Gasteiger partial charge is 0.161 e. The fourth-order valence-electron chi connectivity index (χ4n) is 5.08. The van der Waals surface area contributed by atoms with Crippen LogP contribution in [0, 0.1) is 0 Å². The van der Waals surface area contributed by atoms with Crippen molar-refractivity contribution >= 4 is 21.5 Å². The highest BCUT2D eigenvalue weighted by Gasteiger charge is 2.39. The molecule has 0 bridgehead atoms. The molecule has 2 heterocycles. The van der Waals surface area contributed by atoms with E-state index in [-0.39, 0.29) is 6.04 Å². The maximum Gasteiger partial charge on any atom is 0.161 e. The number of rotatable bonds is 3. The first-order chi connectivity index (χ1) is 13.7. The van der Waals surface area contributed by atoms with Gasteiger partial charge in [0.25, 0.3) is 0 Å². The quantitative estimate of drug-likeness (QED) is 0.697. The molecule has 0 aliphatic carbocycles. The number of hydrogen-bond donors (Lipinski definition) is 1. The van der Waals surface area contributed by atoms with Crippen molar-refractivity contribution in [3.05, 3.63) is 41.5 Å². The van der Waals surface area contributed by atoms with E-state index < -0.39 is 6.10 Å². The highest BCUT2D eigenvalue weighted by Crippen LogP contribution is 2.47. The Balaban J connectivity index is 1.92. The summed E-state index contributed by atoms with van der Waals surface area (Å²) >= 11 is 0. The molecule has 3 aromatic rings. The van der Waals surface area contributed by atoms with Gasteiger partial charge in [-0.3, -0.25) is 4.90 Å². The Morgan fingerprint density at radius 1 is 0.893 bits per heavy atom. The average molecular weight is 379 g/mol. The molecular weight excluding hydrogens is 354 g/mol. The molecule has 28 heavy (non-hydrogen) atoms. The molecule has 2 unspecified atom stereocenters. The van der Waals surface area contributed by atoms with Crippen LogP contribution in [0.5, 0.6) is 17.2 Å². The average Bonchev–Trinajstić information content (AvgIpc) is 3.21. The second kappa shape index (κ2) is 6.54. The van der Waals surface area contributed by atoms with Gasteiger partial charge in [-0.1, -0.05) is 6.07 Å². The summed E-state index contributed by atoms with van der Waals surface area (Å²) in [4.78, 5) is 2.42. The summed E-state index contributed by atoms with van der Waals surface area (Å²) in [6.45, 7) is 1.91. The number of benzene rings is 3. The molecule has 5 heteroatoms. The van der Waals surface area contributed by atoms with Crippen molar-refractivity contribution in [1.82, 2.24) is 4.90 Å². The number of fused-ring (bicyclic) bond motifs is 7. The Morgan fingerprint density at radius 3 is 2.32 bits per heavy atom. The summed E-state index contributed by atoms with van der Waals surface area (Å²) in [6, 6.07) is 10.4. The van der Waals surface area contributed by atoms with Crippen molar-refractivity contribution in [1.29, 1.82) is 0 Å². The predicted molar refractivity (Wildman–Crippen MR) is 110 cm³/mol. The third-order valence-electron chi connectivity index (χ3n) is 6.42. The van der Waals surface area contributed by atoms with Gasteiger partial charge in [-0.15, -0.1) is 0 Å². The van der Waals surface area contributed by atoms with Crippen LogP contribution < -0.4 is 14.2 Å². The van der Waals surface area contributed by atoms with E-state index in [0.717, 1.165) is 53.4 Å². The van der Waals surface area contributed by atoms with Crippen LogP contribution in [-0.2, 0) is 6.54 Å². The molecule has 0 amide bonds. The largest absolute Gasteiger partial charge is 0.497 e. The zero-order valence-electron chi connectivity index (χ0n) is 16.5. The molecule has 1 N–H and O–H groups in total. The molecule has 2 aliphatic rings. The van der Waals surface area contributed by atoms with E-state index >= 15 is 0 Å². The minimum atomic E-state index is -0.502. The van der Waals surface area contributed by atoms with Crippen LogP contribution in [0.25, 0.3) is 21.5 Å². The topological polar surface area (TPSA) is 51.2 Å². The lowest BCUT2D eigenvalue weighted by molar-refractivity contribution is 0.0552. The van der Waals surface area contributed by atoms with E-state index in [1.807, 2.05) is 18.2 Å². The minimum absolute atomic E-state index is 0.194. The molecule has 2 aliphatic heterocycles. The highest BCUT2D eigenvalue weighted by atomic mass is 16.5. The van der Waals surface area contributed by atoms with Crippen LogP contribution in [0.15, 0.2) is 30.3 Å². The molecule has 0 saturated carbocycles. The van der Waals surface area contributed by atoms with Gasteiger partial charge in [-0.25, -0.2) is 0 Å². The molecule has 5 nitrogen and oxygen atoms in total. The molecule has 0 spiro atoms. The summed E-state index contributed by atoms with van der Waals surface area (Å²) in [7, 11) is 4.98. The van der Waals surface area contributed by atoms with E-state index in [9.17, 15) is 5.11 Å². The lowest BCUT2D eigenvalue weighted by Crippen LogP contribution is -2.39. The van der Waals surface area contributed by atoms with E-state index in [4.69, 9.17) is 14.2 Å². The van der Waals surface area contributed by atoms with Crippen molar-refractivity contribution in [3.8, 4) is 17.2 Å². The van der Waals surface area contributed by atoms with Crippen LogP contribution in [-0.4, -0.2) is 43.9 Å². The van der Waals surface area contributed by atoms with Crippen molar-refractivity contribution < 1.29 is 19.3 Å². The first kappa shape index (κ1) is 17.6. The summed E-state index contributed by atoms with van der Waals surface area (Å²) in [6.07, 6.45) is 1.67. The van der Waals surface area contributed by atoms with Gasteiger partial charge in [-0.2, -0.15) is 0 Å². The van der Waals surface area contributed by atoms with E-state index in [0.29, 0.717) is 11.5 Å². The lowest BCUT2D eigenvalue weighted by atomic mass is 9.83. The molecule has 1 fully saturated rings. The van der Waals surface area contributed by atoms with Gasteiger partial charge >= 0.3 is 0 Å². The van der Waals surface area contributed by atoms with Gasteiger partial charge < -0.3 is 19.3 Å². The van der Waals surface area contributed by atoms with Crippen molar-refractivity contribution in [2.75, 3.05) is 27.9 Å². The number of nitrogens with zero attached hydrogens (tertiary/aromatic N) is 1. The molecule has 1 saturated heterocycles. The normalized spacial score (nSPS) is 21.6. The minimum Gasteiger partial charge on any atom is -0.497 e. The number of aliphatic hydroxyl groups excluding tert-OH is 1. The monoisotopic (exact) mass is 379 g/mol. The highest BCUT2D eigenvalue weighted by molar-refractivity contribution is 6.12. The summed E-state index contributed by atoms with van der Waals surface area (Å²) < 4.78 is 16.6. The molecule has 5 rings (SSSR count). The van der Waals surface area contributed by atoms with Crippen molar-refractivity contribution in [3.63, 3.8) is 0 Å². The van der Waals surface area contributed by atoms with Gasteiger partial charge in [0.15, 0.2) is 11.5 Å². The number of methoxy groups -OCH3 is 3. The Labute approximate surface area is 164 Å². The SMILES string of the molecule is COc1ccc2c3c(c4cc(OC)c(OC)cc4c2c1)C(O)C1CCCN1C3. The van der Waals surface area contributed by atoms with E-state index in [2.05, 4.69) is 17.0 Å². The predicted octanol–water partition coefficient (Wildman–Crippen LogP) is 4.03. The Hall–Kier alpha value is -2.50. The van der Waals surface area contributed by atoms with Gasteiger partial charge in [0, 0.05) is 12.6 Å². The number of aliphatic hydroxyl groups is 1. The maximum absolute atomic E-state index is 11.3. The van der Waals surface area contributed by atoms with Crippen LogP contribution in [0.2, 0.25) is 0 Å². The fraction of sp³-hybridized carbons (Fsp3) is 0.391. The summed E-state index contributed by atoms with van der Waals surface area (Å²) in [5.74, 6) is 2.19. The molecule has 2 atom stereocenters. The first-order valence-electron chi connectivity index (χ1n) is 9.76. The second-order valence-electron chi connectivity index (χ2n) is 7.68.